The molecular weight excluding hydrogens is 290 g/mol. The summed E-state index contributed by atoms with van der Waals surface area (Å²) in [6.45, 7) is 0. The summed E-state index contributed by atoms with van der Waals surface area (Å²) in [7, 11) is 3.18. The van der Waals surface area contributed by atoms with Gasteiger partial charge in [-0.3, -0.25) is 4.79 Å². The highest BCUT2D eigenvalue weighted by Crippen LogP contribution is 2.28. The Kier molecular flexibility index (Phi) is 4.15. The van der Waals surface area contributed by atoms with Gasteiger partial charge in [0, 0.05) is 22.7 Å². The molecule has 0 aliphatic rings. The minimum Gasteiger partial charge on any atom is -0.493 e. The first-order chi connectivity index (χ1) is 11.2. The topological polar surface area (TPSA) is 51.3 Å². The van der Waals surface area contributed by atoms with Crippen LogP contribution in [-0.4, -0.2) is 25.0 Å². The number of aromatic amines is 1. The van der Waals surface area contributed by atoms with E-state index in [1.807, 2.05) is 42.5 Å². The maximum atomic E-state index is 12.4. The van der Waals surface area contributed by atoms with Gasteiger partial charge in [0.05, 0.1) is 14.2 Å². The van der Waals surface area contributed by atoms with Gasteiger partial charge in [-0.15, -0.1) is 0 Å². The number of methoxy groups -OCH3 is 2. The number of fused-ring (bicyclic) bond motifs is 1. The molecule has 0 fully saturated rings. The molecule has 0 aliphatic carbocycles. The second-order valence-electron chi connectivity index (χ2n) is 5.06. The number of hydrogen-bond donors (Lipinski definition) is 1. The van der Waals surface area contributed by atoms with Crippen molar-refractivity contribution in [3.8, 4) is 11.5 Å². The summed E-state index contributed by atoms with van der Waals surface area (Å²) in [4.78, 5) is 15.5. The van der Waals surface area contributed by atoms with Crippen LogP contribution in [0.4, 0.5) is 0 Å². The molecule has 2 aromatic carbocycles. The van der Waals surface area contributed by atoms with Crippen molar-refractivity contribution < 1.29 is 14.3 Å². The van der Waals surface area contributed by atoms with E-state index in [-0.39, 0.29) is 5.78 Å². The van der Waals surface area contributed by atoms with E-state index in [1.165, 1.54) is 0 Å². The van der Waals surface area contributed by atoms with Crippen LogP contribution in [-0.2, 0) is 0 Å². The maximum absolute atomic E-state index is 12.4. The van der Waals surface area contributed by atoms with Crippen molar-refractivity contribution in [1.29, 1.82) is 0 Å². The number of carbonyl (C=O) groups excluding carboxylic acids is 1. The number of ether oxygens (including phenoxy) is 2. The minimum atomic E-state index is -0.0442. The molecule has 0 atom stereocenters. The smallest absolute Gasteiger partial charge is 0.187 e. The Morgan fingerprint density at radius 2 is 1.83 bits per heavy atom. The average Bonchev–Trinajstić information content (AvgIpc) is 3.03. The van der Waals surface area contributed by atoms with Gasteiger partial charge >= 0.3 is 0 Å². The fourth-order valence-corrected chi connectivity index (χ4v) is 2.49. The van der Waals surface area contributed by atoms with Crippen LogP contribution >= 0.6 is 0 Å². The molecule has 23 heavy (non-hydrogen) atoms. The molecule has 3 rings (SSSR count). The molecule has 3 aromatic rings. The summed E-state index contributed by atoms with van der Waals surface area (Å²) in [5, 5.41) is 0.925. The highest BCUT2D eigenvalue weighted by molar-refractivity contribution is 6.14. The first-order valence-corrected chi connectivity index (χ1v) is 7.23. The SMILES string of the molecule is COc1ccc(/C=C/C(=O)c2c[nH]c3ccccc23)cc1OC. The van der Waals surface area contributed by atoms with E-state index < -0.39 is 0 Å². The zero-order valence-corrected chi connectivity index (χ0v) is 13.0. The fourth-order valence-electron chi connectivity index (χ4n) is 2.49. The van der Waals surface area contributed by atoms with Crippen molar-refractivity contribution in [3.05, 3.63) is 65.9 Å². The number of carbonyl (C=O) groups is 1. The summed E-state index contributed by atoms with van der Waals surface area (Å²) >= 11 is 0. The predicted octanol–water partition coefficient (Wildman–Crippen LogP) is 4.08. The van der Waals surface area contributed by atoms with Gasteiger partial charge in [-0.25, -0.2) is 0 Å². The highest BCUT2D eigenvalue weighted by Gasteiger charge is 2.09. The van der Waals surface area contributed by atoms with Crippen LogP contribution in [0.5, 0.6) is 11.5 Å². The molecule has 0 bridgehead atoms. The van der Waals surface area contributed by atoms with E-state index in [9.17, 15) is 4.79 Å². The molecule has 1 aromatic heterocycles. The third kappa shape index (κ3) is 2.97. The van der Waals surface area contributed by atoms with E-state index in [4.69, 9.17) is 9.47 Å². The number of hydrogen-bond acceptors (Lipinski definition) is 3. The van der Waals surface area contributed by atoms with Crippen molar-refractivity contribution in [2.24, 2.45) is 0 Å². The normalized spacial score (nSPS) is 11.0. The minimum absolute atomic E-state index is 0.0442. The number of benzene rings is 2. The summed E-state index contributed by atoms with van der Waals surface area (Å²) in [5.74, 6) is 1.25. The lowest BCUT2D eigenvalue weighted by atomic mass is 10.1. The quantitative estimate of drug-likeness (QED) is 0.571. The van der Waals surface area contributed by atoms with Gasteiger partial charge < -0.3 is 14.5 Å². The Balaban J connectivity index is 1.86. The number of aromatic nitrogens is 1. The molecular formula is C19H17NO3. The Morgan fingerprint density at radius 1 is 1.04 bits per heavy atom. The summed E-state index contributed by atoms with van der Waals surface area (Å²) in [6.07, 6.45) is 5.08. The van der Waals surface area contributed by atoms with E-state index in [0.717, 1.165) is 16.5 Å². The third-order valence-corrected chi connectivity index (χ3v) is 3.69. The number of nitrogens with one attached hydrogen (secondary N) is 1. The lowest BCUT2D eigenvalue weighted by Crippen LogP contribution is -1.93. The highest BCUT2D eigenvalue weighted by atomic mass is 16.5. The van der Waals surface area contributed by atoms with Gasteiger partial charge in [-0.2, -0.15) is 0 Å². The Morgan fingerprint density at radius 3 is 2.61 bits per heavy atom. The molecule has 1 N–H and O–H groups in total. The van der Waals surface area contributed by atoms with Gasteiger partial charge in [-0.05, 0) is 29.8 Å². The van der Waals surface area contributed by atoms with Gasteiger partial charge in [0.1, 0.15) is 0 Å². The van der Waals surface area contributed by atoms with Gasteiger partial charge in [0.15, 0.2) is 17.3 Å². The lowest BCUT2D eigenvalue weighted by molar-refractivity contribution is 0.104. The van der Waals surface area contributed by atoms with Crippen molar-refractivity contribution in [3.63, 3.8) is 0 Å². The van der Waals surface area contributed by atoms with Crippen LogP contribution in [0.1, 0.15) is 15.9 Å². The molecule has 4 heteroatoms. The van der Waals surface area contributed by atoms with Crippen molar-refractivity contribution in [1.82, 2.24) is 4.98 Å². The molecule has 1 heterocycles. The zero-order valence-electron chi connectivity index (χ0n) is 13.0. The number of rotatable bonds is 5. The van der Waals surface area contributed by atoms with E-state index in [1.54, 1.807) is 32.6 Å². The van der Waals surface area contributed by atoms with Gasteiger partial charge in [0.2, 0.25) is 0 Å². The molecule has 0 saturated carbocycles. The second-order valence-corrected chi connectivity index (χ2v) is 5.06. The Labute approximate surface area is 134 Å². The third-order valence-electron chi connectivity index (χ3n) is 3.69. The predicted molar refractivity (Wildman–Crippen MR) is 91.2 cm³/mol. The number of allylic oxidation sites excluding steroid dienone is 1. The fraction of sp³-hybridized carbons (Fsp3) is 0.105. The second kappa shape index (κ2) is 6.40. The largest absolute Gasteiger partial charge is 0.493 e. The number of para-hydroxylation sites is 1. The zero-order chi connectivity index (χ0) is 16.2. The Hall–Kier alpha value is -3.01. The van der Waals surface area contributed by atoms with Crippen molar-refractivity contribution >= 4 is 22.8 Å². The molecule has 116 valence electrons. The number of H-pyrrole nitrogens is 1. The standard InChI is InChI=1S/C19H17NO3/c1-22-18-10-8-13(11-19(18)23-2)7-9-17(21)15-12-20-16-6-4-3-5-14(15)16/h3-12,20H,1-2H3/b9-7+. The van der Waals surface area contributed by atoms with Crippen LogP contribution in [0, 0.1) is 0 Å². The summed E-state index contributed by atoms with van der Waals surface area (Å²) in [5.41, 5.74) is 2.49. The van der Waals surface area contributed by atoms with Crippen molar-refractivity contribution in [2.45, 2.75) is 0 Å². The van der Waals surface area contributed by atoms with Crippen LogP contribution in [0.15, 0.2) is 54.7 Å². The van der Waals surface area contributed by atoms with Crippen LogP contribution < -0.4 is 9.47 Å². The molecule has 0 amide bonds. The van der Waals surface area contributed by atoms with E-state index >= 15 is 0 Å². The summed E-state index contributed by atoms with van der Waals surface area (Å²) < 4.78 is 10.5. The molecule has 0 aliphatic heterocycles. The molecule has 0 radical (unpaired) electrons. The molecule has 4 nitrogen and oxygen atoms in total. The number of ketones is 1. The first kappa shape index (κ1) is 14.9. The van der Waals surface area contributed by atoms with Crippen LogP contribution in [0.25, 0.3) is 17.0 Å². The molecule has 0 spiro atoms. The lowest BCUT2D eigenvalue weighted by Gasteiger charge is -2.07. The van der Waals surface area contributed by atoms with Gasteiger partial charge in [0.25, 0.3) is 0 Å². The monoisotopic (exact) mass is 307 g/mol. The van der Waals surface area contributed by atoms with Crippen LogP contribution in [0.2, 0.25) is 0 Å². The summed E-state index contributed by atoms with van der Waals surface area (Å²) in [6, 6.07) is 13.3. The van der Waals surface area contributed by atoms with Crippen LogP contribution in [0.3, 0.4) is 0 Å². The molecule has 0 saturated heterocycles. The maximum Gasteiger partial charge on any atom is 0.187 e. The van der Waals surface area contributed by atoms with Crippen molar-refractivity contribution in [2.75, 3.05) is 14.2 Å². The molecule has 0 unspecified atom stereocenters. The Bertz CT molecular complexity index is 877. The van der Waals surface area contributed by atoms with Gasteiger partial charge in [-0.1, -0.05) is 30.3 Å². The first-order valence-electron chi connectivity index (χ1n) is 7.23. The van der Waals surface area contributed by atoms with E-state index in [2.05, 4.69) is 4.98 Å². The average molecular weight is 307 g/mol. The van der Waals surface area contributed by atoms with E-state index in [0.29, 0.717) is 17.1 Å².